The Labute approximate surface area is 192 Å². The Morgan fingerprint density at radius 1 is 1.09 bits per heavy atom. The molecule has 0 spiro atoms. The molecular formula is C24H29N7S. The van der Waals surface area contributed by atoms with Gasteiger partial charge in [-0.2, -0.15) is 21.3 Å². The summed E-state index contributed by atoms with van der Waals surface area (Å²) in [7, 11) is 0. The molecule has 32 heavy (non-hydrogen) atoms. The minimum atomic E-state index is 0.371. The van der Waals surface area contributed by atoms with Crippen LogP contribution in [0.5, 0.6) is 0 Å². The second kappa shape index (κ2) is 9.67. The molecule has 2 N–H and O–H groups in total. The molecule has 0 atom stereocenters. The second-order valence-electron chi connectivity index (χ2n) is 8.27. The first-order chi connectivity index (χ1) is 15.8. The standard InChI is InChI=1S/C24H29N7S/c1-2-11-25-22-21-23(31(17-26-21)20-10-14-32-16-20)29-24(28-22)27-19-8-12-30(13-9-19)15-18-6-4-3-5-7-18/h3-7,10,14,16-17,19H,2,8-9,11-13,15H2,1H3,(H2,25,27,28,29). The first kappa shape index (κ1) is 20.9. The Hall–Kier alpha value is -2.97. The first-order valence-electron chi connectivity index (χ1n) is 11.3. The van der Waals surface area contributed by atoms with Crippen molar-refractivity contribution in [2.45, 2.75) is 38.8 Å². The Morgan fingerprint density at radius 3 is 2.69 bits per heavy atom. The van der Waals surface area contributed by atoms with Crippen LogP contribution in [0.4, 0.5) is 11.8 Å². The van der Waals surface area contributed by atoms with Crippen molar-refractivity contribution in [3.8, 4) is 5.69 Å². The topological polar surface area (TPSA) is 70.9 Å². The lowest BCUT2D eigenvalue weighted by Gasteiger charge is -2.32. The zero-order chi connectivity index (χ0) is 21.8. The molecule has 1 aliphatic heterocycles. The number of hydrogen-bond donors (Lipinski definition) is 2. The smallest absolute Gasteiger partial charge is 0.227 e. The highest BCUT2D eigenvalue weighted by Crippen LogP contribution is 2.26. The van der Waals surface area contributed by atoms with Gasteiger partial charge in [-0.15, -0.1) is 0 Å². The Morgan fingerprint density at radius 2 is 1.94 bits per heavy atom. The average molecular weight is 448 g/mol. The number of imidazole rings is 1. The summed E-state index contributed by atoms with van der Waals surface area (Å²) in [5.41, 5.74) is 4.10. The zero-order valence-corrected chi connectivity index (χ0v) is 19.2. The van der Waals surface area contributed by atoms with Gasteiger partial charge in [0, 0.05) is 37.6 Å². The fourth-order valence-electron chi connectivity index (χ4n) is 4.17. The van der Waals surface area contributed by atoms with E-state index in [1.165, 1.54) is 5.56 Å². The Balaban J connectivity index is 1.32. The second-order valence-corrected chi connectivity index (χ2v) is 9.05. The van der Waals surface area contributed by atoms with Crippen molar-refractivity contribution in [3.05, 3.63) is 59.0 Å². The highest BCUT2D eigenvalue weighted by Gasteiger charge is 2.21. The van der Waals surface area contributed by atoms with Crippen LogP contribution in [0.25, 0.3) is 16.9 Å². The van der Waals surface area contributed by atoms with Crippen molar-refractivity contribution in [3.63, 3.8) is 0 Å². The zero-order valence-electron chi connectivity index (χ0n) is 18.4. The summed E-state index contributed by atoms with van der Waals surface area (Å²) in [5, 5.41) is 11.2. The van der Waals surface area contributed by atoms with Crippen LogP contribution < -0.4 is 10.6 Å². The lowest BCUT2D eigenvalue weighted by atomic mass is 10.0. The number of aromatic nitrogens is 4. The van der Waals surface area contributed by atoms with E-state index in [0.29, 0.717) is 12.0 Å². The summed E-state index contributed by atoms with van der Waals surface area (Å²) in [5.74, 6) is 1.48. The fourth-order valence-corrected chi connectivity index (χ4v) is 4.80. The van der Waals surface area contributed by atoms with Gasteiger partial charge in [-0.25, -0.2) is 4.98 Å². The van der Waals surface area contributed by atoms with Crippen LogP contribution in [0, 0.1) is 0 Å². The van der Waals surface area contributed by atoms with Gasteiger partial charge < -0.3 is 10.6 Å². The number of nitrogens with zero attached hydrogens (tertiary/aromatic N) is 5. The van der Waals surface area contributed by atoms with E-state index in [2.05, 4.69) is 74.6 Å². The number of benzene rings is 1. The molecule has 0 saturated carbocycles. The minimum Gasteiger partial charge on any atom is -0.368 e. The third-order valence-corrected chi connectivity index (χ3v) is 6.56. The Bertz CT molecular complexity index is 1130. The van der Waals surface area contributed by atoms with Crippen LogP contribution in [0.3, 0.4) is 0 Å². The van der Waals surface area contributed by atoms with Gasteiger partial charge in [0.25, 0.3) is 0 Å². The third-order valence-electron chi connectivity index (χ3n) is 5.89. The molecule has 1 fully saturated rings. The van der Waals surface area contributed by atoms with Gasteiger partial charge in [0.2, 0.25) is 5.95 Å². The molecular weight excluding hydrogens is 418 g/mol. The highest BCUT2D eigenvalue weighted by molar-refractivity contribution is 7.08. The molecule has 5 rings (SSSR count). The van der Waals surface area contributed by atoms with Crippen LogP contribution in [-0.2, 0) is 6.54 Å². The van der Waals surface area contributed by atoms with E-state index >= 15 is 0 Å². The average Bonchev–Trinajstić information content (AvgIpc) is 3.49. The number of rotatable bonds is 8. The number of likely N-dealkylation sites (tertiary alicyclic amines) is 1. The van der Waals surface area contributed by atoms with E-state index in [9.17, 15) is 0 Å². The Kier molecular flexibility index (Phi) is 6.31. The van der Waals surface area contributed by atoms with E-state index in [4.69, 9.17) is 9.97 Å². The SMILES string of the molecule is CCCNc1nc(NC2CCN(Cc3ccccc3)CC2)nc2c1ncn2-c1ccsc1. The first-order valence-corrected chi connectivity index (χ1v) is 12.3. The van der Waals surface area contributed by atoms with Crippen molar-refractivity contribution >= 4 is 34.3 Å². The summed E-state index contributed by atoms with van der Waals surface area (Å²) in [6.45, 7) is 6.17. The molecule has 0 aliphatic carbocycles. The van der Waals surface area contributed by atoms with Crippen molar-refractivity contribution < 1.29 is 0 Å². The van der Waals surface area contributed by atoms with E-state index < -0.39 is 0 Å². The highest BCUT2D eigenvalue weighted by atomic mass is 32.1. The molecule has 166 valence electrons. The number of anilines is 2. The van der Waals surface area contributed by atoms with Gasteiger partial charge in [0.05, 0.1) is 5.69 Å². The summed E-state index contributed by atoms with van der Waals surface area (Å²) in [6, 6.07) is 13.2. The molecule has 0 bridgehead atoms. The summed E-state index contributed by atoms with van der Waals surface area (Å²) in [6.07, 6.45) is 5.02. The van der Waals surface area contributed by atoms with Crippen LogP contribution in [-0.4, -0.2) is 50.1 Å². The molecule has 0 amide bonds. The molecule has 8 heteroatoms. The maximum Gasteiger partial charge on any atom is 0.227 e. The fraction of sp³-hybridized carbons (Fsp3) is 0.375. The van der Waals surface area contributed by atoms with Gasteiger partial charge in [0.15, 0.2) is 17.0 Å². The molecule has 0 radical (unpaired) electrons. The van der Waals surface area contributed by atoms with Gasteiger partial charge in [-0.1, -0.05) is 37.3 Å². The van der Waals surface area contributed by atoms with Gasteiger partial charge >= 0.3 is 0 Å². The van der Waals surface area contributed by atoms with Gasteiger partial charge in [-0.3, -0.25) is 9.47 Å². The molecule has 3 aromatic heterocycles. The number of thiophene rings is 1. The maximum absolute atomic E-state index is 4.87. The predicted molar refractivity (Wildman–Crippen MR) is 132 cm³/mol. The lowest BCUT2D eigenvalue weighted by molar-refractivity contribution is 0.211. The lowest BCUT2D eigenvalue weighted by Crippen LogP contribution is -2.39. The molecule has 1 aliphatic rings. The van der Waals surface area contributed by atoms with Crippen molar-refractivity contribution in [2.24, 2.45) is 0 Å². The van der Waals surface area contributed by atoms with E-state index in [0.717, 1.165) is 68.1 Å². The number of hydrogen-bond acceptors (Lipinski definition) is 7. The summed E-state index contributed by atoms with van der Waals surface area (Å²) < 4.78 is 2.04. The molecule has 4 aromatic rings. The quantitative estimate of drug-likeness (QED) is 0.405. The van der Waals surface area contributed by atoms with Crippen LogP contribution in [0.2, 0.25) is 0 Å². The summed E-state index contributed by atoms with van der Waals surface area (Å²) >= 11 is 1.67. The molecule has 7 nitrogen and oxygen atoms in total. The van der Waals surface area contributed by atoms with E-state index in [1.54, 1.807) is 11.3 Å². The third kappa shape index (κ3) is 4.61. The van der Waals surface area contributed by atoms with Crippen LogP contribution in [0.1, 0.15) is 31.7 Å². The largest absolute Gasteiger partial charge is 0.368 e. The number of nitrogens with one attached hydrogen (secondary N) is 2. The molecule has 4 heterocycles. The molecule has 1 aromatic carbocycles. The normalized spacial score (nSPS) is 15.3. The minimum absolute atomic E-state index is 0.371. The molecule has 1 saturated heterocycles. The van der Waals surface area contributed by atoms with Crippen LogP contribution >= 0.6 is 11.3 Å². The van der Waals surface area contributed by atoms with E-state index in [-0.39, 0.29) is 0 Å². The van der Waals surface area contributed by atoms with Gasteiger partial charge in [-0.05, 0) is 36.3 Å². The monoisotopic (exact) mass is 447 g/mol. The van der Waals surface area contributed by atoms with Crippen molar-refractivity contribution in [2.75, 3.05) is 30.3 Å². The van der Waals surface area contributed by atoms with E-state index in [1.807, 2.05) is 10.9 Å². The maximum atomic E-state index is 4.87. The molecule has 0 unspecified atom stereocenters. The van der Waals surface area contributed by atoms with Crippen molar-refractivity contribution in [1.29, 1.82) is 0 Å². The summed E-state index contributed by atoms with van der Waals surface area (Å²) in [4.78, 5) is 16.8. The van der Waals surface area contributed by atoms with Crippen LogP contribution in [0.15, 0.2) is 53.5 Å². The van der Waals surface area contributed by atoms with Crippen molar-refractivity contribution in [1.82, 2.24) is 24.4 Å². The predicted octanol–water partition coefficient (Wildman–Crippen LogP) is 4.78. The van der Waals surface area contributed by atoms with Gasteiger partial charge in [0.1, 0.15) is 6.33 Å². The number of piperidine rings is 1. The number of fused-ring (bicyclic) bond motifs is 1.